The molecule has 1 aromatic rings. The van der Waals surface area contributed by atoms with E-state index in [1.165, 1.54) is 0 Å². The van der Waals surface area contributed by atoms with Gasteiger partial charge in [-0.2, -0.15) is 0 Å². The summed E-state index contributed by atoms with van der Waals surface area (Å²) in [6.07, 6.45) is -1.76. The van der Waals surface area contributed by atoms with Gasteiger partial charge in [-0.25, -0.2) is 8.78 Å². The molecule has 3 nitrogen and oxygen atoms in total. The van der Waals surface area contributed by atoms with Gasteiger partial charge in [0.1, 0.15) is 0 Å². The molecule has 0 aliphatic carbocycles. The van der Waals surface area contributed by atoms with E-state index in [1.807, 2.05) is 38.1 Å². The summed E-state index contributed by atoms with van der Waals surface area (Å²) in [7, 11) is 0. The summed E-state index contributed by atoms with van der Waals surface area (Å²) in [6.45, 7) is 3.54. The third-order valence-electron chi connectivity index (χ3n) is 3.54. The smallest absolute Gasteiger partial charge is 0.251 e. The van der Waals surface area contributed by atoms with E-state index in [-0.39, 0.29) is 31.8 Å². The molecule has 1 aromatic carbocycles. The van der Waals surface area contributed by atoms with E-state index in [0.717, 1.165) is 11.1 Å². The largest absolute Gasteiger partial charge is 0.395 e. The highest BCUT2D eigenvalue weighted by molar-refractivity contribution is 5.30. The highest BCUT2D eigenvalue weighted by Crippen LogP contribution is 2.28. The van der Waals surface area contributed by atoms with E-state index in [9.17, 15) is 8.78 Å². The van der Waals surface area contributed by atoms with E-state index in [2.05, 4.69) is 0 Å². The molecule has 1 rings (SSSR count). The number of nitrogens with two attached hydrogens (primary N) is 1. The van der Waals surface area contributed by atoms with E-state index >= 15 is 0 Å². The van der Waals surface area contributed by atoms with Crippen molar-refractivity contribution in [1.29, 1.82) is 0 Å². The van der Waals surface area contributed by atoms with Crippen LogP contribution in [0.4, 0.5) is 8.78 Å². The lowest BCUT2D eigenvalue weighted by atomic mass is 9.93. The zero-order chi connectivity index (χ0) is 15.1. The van der Waals surface area contributed by atoms with Crippen LogP contribution < -0.4 is 5.73 Å². The van der Waals surface area contributed by atoms with Gasteiger partial charge in [-0.3, -0.25) is 4.90 Å². The third kappa shape index (κ3) is 4.51. The maximum absolute atomic E-state index is 12.8. The Hall–Kier alpha value is -1.04. The number of hydrogen-bond acceptors (Lipinski definition) is 3. The molecule has 2 unspecified atom stereocenters. The first kappa shape index (κ1) is 17.0. The number of benzene rings is 1. The van der Waals surface area contributed by atoms with Gasteiger partial charge in [0.25, 0.3) is 6.43 Å². The van der Waals surface area contributed by atoms with Crippen LogP contribution in [0.5, 0.6) is 0 Å². The van der Waals surface area contributed by atoms with Crippen LogP contribution in [0, 0.1) is 6.92 Å². The van der Waals surface area contributed by atoms with E-state index < -0.39 is 6.43 Å². The summed E-state index contributed by atoms with van der Waals surface area (Å²) in [5.74, 6) is 0. The Morgan fingerprint density at radius 3 is 2.45 bits per heavy atom. The van der Waals surface area contributed by atoms with Crippen molar-refractivity contribution in [3.05, 3.63) is 35.4 Å². The summed E-state index contributed by atoms with van der Waals surface area (Å²) < 4.78 is 25.6. The Morgan fingerprint density at radius 1 is 1.30 bits per heavy atom. The van der Waals surface area contributed by atoms with Crippen molar-refractivity contribution in [2.24, 2.45) is 5.73 Å². The Labute approximate surface area is 119 Å². The molecule has 0 aliphatic rings. The summed E-state index contributed by atoms with van der Waals surface area (Å²) in [4.78, 5) is 1.58. The van der Waals surface area contributed by atoms with Gasteiger partial charge in [0.2, 0.25) is 0 Å². The second kappa shape index (κ2) is 8.29. The molecule has 0 aromatic heterocycles. The van der Waals surface area contributed by atoms with Gasteiger partial charge in [0.05, 0.1) is 19.2 Å². The van der Waals surface area contributed by atoms with Crippen molar-refractivity contribution >= 4 is 0 Å². The number of aliphatic hydroxyl groups excluding tert-OH is 1. The molecule has 0 aliphatic heterocycles. The lowest BCUT2D eigenvalue weighted by Gasteiger charge is -2.36. The first-order valence-corrected chi connectivity index (χ1v) is 6.95. The third-order valence-corrected chi connectivity index (χ3v) is 3.54. The van der Waals surface area contributed by atoms with Crippen LogP contribution in [0.3, 0.4) is 0 Å². The van der Waals surface area contributed by atoms with Crippen molar-refractivity contribution in [3.63, 3.8) is 0 Å². The van der Waals surface area contributed by atoms with Crippen molar-refractivity contribution < 1.29 is 13.9 Å². The number of nitrogens with zero attached hydrogens (tertiary/aromatic N) is 1. The van der Waals surface area contributed by atoms with Gasteiger partial charge >= 0.3 is 0 Å². The first-order valence-electron chi connectivity index (χ1n) is 6.95. The number of aliphatic hydroxyl groups is 1. The molecule has 20 heavy (non-hydrogen) atoms. The van der Waals surface area contributed by atoms with E-state index in [1.54, 1.807) is 4.90 Å². The van der Waals surface area contributed by atoms with E-state index in [0.29, 0.717) is 6.42 Å². The van der Waals surface area contributed by atoms with Crippen LogP contribution in [0.2, 0.25) is 0 Å². The summed E-state index contributed by atoms with van der Waals surface area (Å²) in [5.41, 5.74) is 8.14. The van der Waals surface area contributed by atoms with Crippen LogP contribution in [0.25, 0.3) is 0 Å². The quantitative estimate of drug-likeness (QED) is 0.771. The Balaban J connectivity index is 3.12. The maximum atomic E-state index is 12.8. The molecule has 0 radical (unpaired) electrons. The Morgan fingerprint density at radius 2 is 1.95 bits per heavy atom. The molecular formula is C15H24F2N2O. The number of rotatable bonds is 8. The monoisotopic (exact) mass is 286 g/mol. The lowest BCUT2D eigenvalue weighted by molar-refractivity contribution is 0.0465. The second-order valence-corrected chi connectivity index (χ2v) is 4.98. The summed E-state index contributed by atoms with van der Waals surface area (Å²) >= 11 is 0. The minimum atomic E-state index is -2.45. The minimum Gasteiger partial charge on any atom is -0.395 e. The predicted octanol–water partition coefficient (Wildman–Crippen LogP) is 2.33. The predicted molar refractivity (Wildman–Crippen MR) is 76.8 cm³/mol. The molecule has 0 amide bonds. The summed E-state index contributed by atoms with van der Waals surface area (Å²) in [5, 5.41) is 9.14. The van der Waals surface area contributed by atoms with Crippen LogP contribution in [-0.2, 0) is 0 Å². The fraction of sp³-hybridized carbons (Fsp3) is 0.600. The molecule has 0 saturated carbocycles. The Kier molecular flexibility index (Phi) is 7.05. The van der Waals surface area contributed by atoms with Crippen molar-refractivity contribution in [1.82, 2.24) is 4.90 Å². The molecular weight excluding hydrogens is 262 g/mol. The molecule has 3 N–H and O–H groups in total. The minimum absolute atomic E-state index is 0.161. The van der Waals surface area contributed by atoms with Crippen molar-refractivity contribution in [3.8, 4) is 0 Å². The van der Waals surface area contributed by atoms with Crippen LogP contribution in [0.15, 0.2) is 24.3 Å². The van der Waals surface area contributed by atoms with Gasteiger partial charge in [-0.05, 0) is 24.5 Å². The fourth-order valence-electron chi connectivity index (χ4n) is 2.49. The van der Waals surface area contributed by atoms with Crippen LogP contribution >= 0.6 is 0 Å². The molecule has 0 fully saturated rings. The standard InChI is InChI=1S/C15H24F2N2O/c1-3-13(18)15(12-7-5-4-6-11(12)2)19(8-9-20)10-14(16)17/h4-7,13-15,20H,3,8-10,18H2,1-2H3. The van der Waals surface area contributed by atoms with Crippen molar-refractivity contribution in [2.45, 2.75) is 38.8 Å². The molecule has 0 spiro atoms. The molecule has 0 heterocycles. The maximum Gasteiger partial charge on any atom is 0.251 e. The summed E-state index contributed by atoms with van der Waals surface area (Å²) in [6, 6.07) is 7.12. The number of alkyl halides is 2. The van der Waals surface area contributed by atoms with Crippen molar-refractivity contribution in [2.75, 3.05) is 19.7 Å². The highest BCUT2D eigenvalue weighted by atomic mass is 19.3. The Bertz CT molecular complexity index is 401. The fourth-order valence-corrected chi connectivity index (χ4v) is 2.49. The SMILES string of the molecule is CCC(N)C(c1ccccc1C)N(CCO)CC(F)F. The number of halogens is 2. The molecule has 5 heteroatoms. The number of hydrogen-bond donors (Lipinski definition) is 2. The van der Waals surface area contributed by atoms with E-state index in [4.69, 9.17) is 10.8 Å². The number of aryl methyl sites for hydroxylation is 1. The average molecular weight is 286 g/mol. The topological polar surface area (TPSA) is 49.5 Å². The molecule has 0 saturated heterocycles. The normalized spacial score (nSPS) is 14.8. The van der Waals surface area contributed by atoms with Gasteiger partial charge in [0.15, 0.2) is 0 Å². The van der Waals surface area contributed by atoms with Gasteiger partial charge in [-0.1, -0.05) is 31.2 Å². The van der Waals surface area contributed by atoms with Gasteiger partial charge < -0.3 is 10.8 Å². The van der Waals surface area contributed by atoms with Gasteiger partial charge in [0, 0.05) is 12.6 Å². The lowest BCUT2D eigenvalue weighted by Crippen LogP contribution is -2.44. The van der Waals surface area contributed by atoms with Gasteiger partial charge in [-0.15, -0.1) is 0 Å². The average Bonchev–Trinajstić information content (AvgIpc) is 2.40. The van der Waals surface area contributed by atoms with Crippen LogP contribution in [0.1, 0.15) is 30.5 Å². The first-order chi connectivity index (χ1) is 9.51. The van der Waals surface area contributed by atoms with Crippen LogP contribution in [-0.4, -0.2) is 42.2 Å². The zero-order valence-corrected chi connectivity index (χ0v) is 12.1. The highest BCUT2D eigenvalue weighted by Gasteiger charge is 2.28. The molecule has 114 valence electrons. The zero-order valence-electron chi connectivity index (χ0n) is 12.1. The molecule has 2 atom stereocenters. The second-order valence-electron chi connectivity index (χ2n) is 4.98. The molecule has 0 bridgehead atoms.